The van der Waals surface area contributed by atoms with Gasteiger partial charge in [-0.05, 0) is 19.9 Å². The largest absolute Gasteiger partial charge is 0.496 e. The molecule has 2 rings (SSSR count). The van der Waals surface area contributed by atoms with Crippen molar-refractivity contribution in [2.75, 3.05) is 13.7 Å². The first-order chi connectivity index (χ1) is 8.65. The van der Waals surface area contributed by atoms with E-state index in [0.29, 0.717) is 6.54 Å². The monoisotopic (exact) mass is 262 g/mol. The number of aryl methyl sites for hydroxylation is 2. The van der Waals surface area contributed by atoms with E-state index in [2.05, 4.69) is 23.4 Å². The molecule has 0 amide bonds. The molecule has 2 aromatic rings. The normalized spacial score (nSPS) is 12.4. The van der Waals surface area contributed by atoms with Crippen molar-refractivity contribution in [1.82, 2.24) is 4.98 Å². The minimum Gasteiger partial charge on any atom is -0.496 e. The van der Waals surface area contributed by atoms with Crippen molar-refractivity contribution in [3.63, 3.8) is 0 Å². The maximum atomic E-state index is 5.93. The van der Waals surface area contributed by atoms with E-state index < -0.39 is 0 Å². The molecule has 1 unspecified atom stereocenters. The molecular formula is C14H18N2OS. The van der Waals surface area contributed by atoms with E-state index in [1.165, 1.54) is 5.56 Å². The third-order valence-corrected chi connectivity index (χ3v) is 4.01. The predicted octanol–water partition coefficient (Wildman–Crippen LogP) is 2.86. The van der Waals surface area contributed by atoms with Crippen LogP contribution >= 0.6 is 11.3 Å². The summed E-state index contributed by atoms with van der Waals surface area (Å²) >= 11 is 1.66. The molecule has 18 heavy (non-hydrogen) atoms. The number of benzene rings is 1. The van der Waals surface area contributed by atoms with Crippen LogP contribution in [0.5, 0.6) is 5.75 Å². The van der Waals surface area contributed by atoms with Gasteiger partial charge in [0, 0.05) is 23.2 Å². The van der Waals surface area contributed by atoms with E-state index in [1.807, 2.05) is 19.1 Å². The maximum Gasteiger partial charge on any atom is 0.122 e. The highest BCUT2D eigenvalue weighted by molar-refractivity contribution is 7.09. The molecule has 0 saturated carbocycles. The highest BCUT2D eigenvalue weighted by Crippen LogP contribution is 2.33. The lowest BCUT2D eigenvalue weighted by molar-refractivity contribution is 0.407. The fourth-order valence-corrected chi connectivity index (χ4v) is 2.95. The quantitative estimate of drug-likeness (QED) is 0.921. The Morgan fingerprint density at radius 3 is 2.72 bits per heavy atom. The number of aromatic nitrogens is 1. The Kier molecular flexibility index (Phi) is 3.99. The summed E-state index contributed by atoms with van der Waals surface area (Å²) in [5.74, 6) is 0.988. The average Bonchev–Trinajstić information content (AvgIpc) is 2.77. The predicted molar refractivity (Wildman–Crippen MR) is 75.5 cm³/mol. The summed E-state index contributed by atoms with van der Waals surface area (Å²) < 4.78 is 5.43. The van der Waals surface area contributed by atoms with Gasteiger partial charge in [-0.25, -0.2) is 4.98 Å². The van der Waals surface area contributed by atoms with Crippen LogP contribution < -0.4 is 10.5 Å². The molecule has 0 aliphatic heterocycles. The van der Waals surface area contributed by atoms with Gasteiger partial charge < -0.3 is 10.5 Å². The summed E-state index contributed by atoms with van der Waals surface area (Å²) in [5.41, 5.74) is 9.30. The van der Waals surface area contributed by atoms with Gasteiger partial charge in [0.2, 0.25) is 0 Å². The maximum absolute atomic E-state index is 5.93. The van der Waals surface area contributed by atoms with Crippen LogP contribution in [0, 0.1) is 13.8 Å². The third-order valence-electron chi connectivity index (χ3n) is 2.93. The molecule has 1 heterocycles. The standard InChI is InChI=1S/C14H18N2OS/c1-9-4-5-13(17-3)11(6-9)12(7-15)14-16-10(2)8-18-14/h4-6,8,12H,7,15H2,1-3H3. The first kappa shape index (κ1) is 13.1. The zero-order chi connectivity index (χ0) is 13.1. The molecule has 0 fully saturated rings. The van der Waals surface area contributed by atoms with Gasteiger partial charge in [0.1, 0.15) is 10.8 Å². The van der Waals surface area contributed by atoms with Crippen molar-refractivity contribution in [1.29, 1.82) is 0 Å². The minimum absolute atomic E-state index is 0.110. The number of hydrogen-bond donors (Lipinski definition) is 1. The first-order valence-corrected chi connectivity index (χ1v) is 6.80. The zero-order valence-corrected chi connectivity index (χ0v) is 11.8. The van der Waals surface area contributed by atoms with Gasteiger partial charge in [0.15, 0.2) is 0 Å². The summed E-state index contributed by atoms with van der Waals surface area (Å²) in [6.07, 6.45) is 0. The van der Waals surface area contributed by atoms with Gasteiger partial charge in [0.05, 0.1) is 13.0 Å². The third kappa shape index (κ3) is 2.54. The van der Waals surface area contributed by atoms with Crippen LogP contribution in [-0.4, -0.2) is 18.6 Å². The van der Waals surface area contributed by atoms with Crippen molar-refractivity contribution in [3.05, 3.63) is 45.4 Å². The molecule has 4 heteroatoms. The van der Waals surface area contributed by atoms with E-state index in [0.717, 1.165) is 22.0 Å². The Morgan fingerprint density at radius 1 is 1.39 bits per heavy atom. The summed E-state index contributed by atoms with van der Waals surface area (Å²) in [5, 5.41) is 3.11. The van der Waals surface area contributed by atoms with Crippen LogP contribution in [0.2, 0.25) is 0 Å². The van der Waals surface area contributed by atoms with Gasteiger partial charge in [-0.15, -0.1) is 11.3 Å². The SMILES string of the molecule is COc1ccc(C)cc1C(CN)c1nc(C)cs1. The smallest absolute Gasteiger partial charge is 0.122 e. The first-order valence-electron chi connectivity index (χ1n) is 5.92. The van der Waals surface area contributed by atoms with Gasteiger partial charge in [-0.1, -0.05) is 17.7 Å². The van der Waals surface area contributed by atoms with Crippen LogP contribution in [0.25, 0.3) is 0 Å². The lowest BCUT2D eigenvalue weighted by atomic mass is 9.97. The molecule has 1 aromatic carbocycles. The number of ether oxygens (including phenoxy) is 1. The molecular weight excluding hydrogens is 244 g/mol. The Bertz CT molecular complexity index is 536. The number of nitrogens with zero attached hydrogens (tertiary/aromatic N) is 1. The summed E-state index contributed by atoms with van der Waals surface area (Å²) in [7, 11) is 1.69. The Hall–Kier alpha value is -1.39. The highest BCUT2D eigenvalue weighted by Gasteiger charge is 2.19. The fraction of sp³-hybridized carbons (Fsp3) is 0.357. The molecule has 0 bridgehead atoms. The molecule has 0 aliphatic rings. The molecule has 0 aliphatic carbocycles. The van der Waals surface area contributed by atoms with E-state index in [9.17, 15) is 0 Å². The number of hydrogen-bond acceptors (Lipinski definition) is 4. The zero-order valence-electron chi connectivity index (χ0n) is 10.9. The second-order valence-electron chi connectivity index (χ2n) is 4.36. The van der Waals surface area contributed by atoms with Crippen LogP contribution in [0.15, 0.2) is 23.6 Å². The topological polar surface area (TPSA) is 48.1 Å². The van der Waals surface area contributed by atoms with Crippen molar-refractivity contribution < 1.29 is 4.74 Å². The molecule has 0 radical (unpaired) electrons. The molecule has 2 N–H and O–H groups in total. The van der Waals surface area contributed by atoms with Crippen molar-refractivity contribution in [2.45, 2.75) is 19.8 Å². The van der Waals surface area contributed by atoms with Gasteiger partial charge >= 0.3 is 0 Å². The summed E-state index contributed by atoms with van der Waals surface area (Å²) in [6.45, 7) is 4.61. The summed E-state index contributed by atoms with van der Waals surface area (Å²) in [6, 6.07) is 6.17. The average molecular weight is 262 g/mol. The van der Waals surface area contributed by atoms with Gasteiger partial charge in [-0.2, -0.15) is 0 Å². The van der Waals surface area contributed by atoms with Crippen LogP contribution in [-0.2, 0) is 0 Å². The van der Waals surface area contributed by atoms with Crippen LogP contribution in [0.3, 0.4) is 0 Å². The Balaban J connectivity index is 2.47. The molecule has 0 saturated heterocycles. The Morgan fingerprint density at radius 2 is 2.17 bits per heavy atom. The molecule has 1 atom stereocenters. The van der Waals surface area contributed by atoms with Crippen LogP contribution in [0.4, 0.5) is 0 Å². The lowest BCUT2D eigenvalue weighted by Gasteiger charge is -2.17. The molecule has 96 valence electrons. The Labute approximate surface area is 112 Å². The van der Waals surface area contributed by atoms with Crippen molar-refractivity contribution in [3.8, 4) is 5.75 Å². The molecule has 1 aromatic heterocycles. The van der Waals surface area contributed by atoms with E-state index in [4.69, 9.17) is 10.5 Å². The van der Waals surface area contributed by atoms with Crippen molar-refractivity contribution in [2.24, 2.45) is 5.73 Å². The van der Waals surface area contributed by atoms with E-state index in [-0.39, 0.29) is 5.92 Å². The van der Waals surface area contributed by atoms with Crippen LogP contribution in [0.1, 0.15) is 27.7 Å². The van der Waals surface area contributed by atoms with Gasteiger partial charge in [0.25, 0.3) is 0 Å². The van der Waals surface area contributed by atoms with E-state index >= 15 is 0 Å². The second-order valence-corrected chi connectivity index (χ2v) is 5.25. The van der Waals surface area contributed by atoms with Gasteiger partial charge in [-0.3, -0.25) is 0 Å². The fourth-order valence-electron chi connectivity index (χ4n) is 2.02. The molecule has 0 spiro atoms. The van der Waals surface area contributed by atoms with E-state index in [1.54, 1.807) is 18.4 Å². The number of methoxy groups -OCH3 is 1. The van der Waals surface area contributed by atoms with Crippen molar-refractivity contribution >= 4 is 11.3 Å². The number of nitrogens with two attached hydrogens (primary N) is 1. The number of rotatable bonds is 4. The number of thiazole rings is 1. The highest BCUT2D eigenvalue weighted by atomic mass is 32.1. The minimum atomic E-state index is 0.110. The lowest BCUT2D eigenvalue weighted by Crippen LogP contribution is -2.15. The molecule has 3 nitrogen and oxygen atoms in total. The second kappa shape index (κ2) is 5.50. The summed E-state index contributed by atoms with van der Waals surface area (Å²) in [4.78, 5) is 4.55.